The summed E-state index contributed by atoms with van der Waals surface area (Å²) < 4.78 is 0. The van der Waals surface area contributed by atoms with Gasteiger partial charge in [0.15, 0.2) is 5.66 Å². The number of benzene rings is 1. The molecular formula is C17H24N4O. The van der Waals surface area contributed by atoms with Crippen LogP contribution in [0.3, 0.4) is 0 Å². The number of amides is 2. The molecule has 0 bridgehead atoms. The lowest BCUT2D eigenvalue weighted by molar-refractivity contribution is 0.232. The molecule has 0 heterocycles. The molecule has 2 fully saturated rings. The van der Waals surface area contributed by atoms with E-state index in [2.05, 4.69) is 27.8 Å². The predicted molar refractivity (Wildman–Crippen MR) is 86.8 cm³/mol. The normalized spacial score (nSPS) is 22.1. The van der Waals surface area contributed by atoms with Crippen LogP contribution in [0.15, 0.2) is 40.6 Å². The Morgan fingerprint density at radius 2 is 1.91 bits per heavy atom. The van der Waals surface area contributed by atoms with Gasteiger partial charge in [0, 0.05) is 11.6 Å². The topological polar surface area (TPSA) is 65.8 Å². The molecule has 1 aromatic carbocycles. The molecule has 22 heavy (non-hydrogen) atoms. The van der Waals surface area contributed by atoms with Gasteiger partial charge in [-0.05, 0) is 57.6 Å². The SMILES string of the molecule is CC(N=NC(C)(NC(=O)Nc1ccccc1)C1CC1)C1CC1. The molecule has 2 aliphatic carbocycles. The average molecular weight is 300 g/mol. The first-order chi connectivity index (χ1) is 10.6. The first kappa shape index (κ1) is 15.0. The highest BCUT2D eigenvalue weighted by atomic mass is 16.2. The molecule has 2 unspecified atom stereocenters. The highest BCUT2D eigenvalue weighted by molar-refractivity contribution is 5.89. The fourth-order valence-corrected chi connectivity index (χ4v) is 2.65. The summed E-state index contributed by atoms with van der Waals surface area (Å²) in [6.07, 6.45) is 4.70. The third kappa shape index (κ3) is 3.84. The van der Waals surface area contributed by atoms with Gasteiger partial charge in [-0.25, -0.2) is 4.79 Å². The fraction of sp³-hybridized carbons (Fsp3) is 0.588. The molecule has 2 aliphatic rings. The van der Waals surface area contributed by atoms with E-state index >= 15 is 0 Å². The van der Waals surface area contributed by atoms with Gasteiger partial charge in [-0.1, -0.05) is 18.2 Å². The summed E-state index contributed by atoms with van der Waals surface area (Å²) in [5.41, 5.74) is 0.184. The standard InChI is InChI=1S/C17H24N4O/c1-12(13-8-9-13)20-21-17(2,14-10-11-14)19-16(22)18-15-6-4-3-5-7-15/h3-7,12-14H,8-11H2,1-2H3,(H2,18,19,22). The molecule has 1 aromatic rings. The van der Waals surface area contributed by atoms with E-state index in [0.717, 1.165) is 18.5 Å². The molecule has 0 saturated heterocycles. The highest BCUT2D eigenvalue weighted by Crippen LogP contribution is 2.41. The molecule has 2 atom stereocenters. The summed E-state index contributed by atoms with van der Waals surface area (Å²) in [6, 6.07) is 9.48. The second kappa shape index (κ2) is 6.07. The van der Waals surface area contributed by atoms with Crippen molar-refractivity contribution in [2.45, 2.75) is 51.2 Å². The van der Waals surface area contributed by atoms with Gasteiger partial charge in [0.25, 0.3) is 0 Å². The van der Waals surface area contributed by atoms with Crippen LogP contribution in [0.5, 0.6) is 0 Å². The Morgan fingerprint density at radius 1 is 1.23 bits per heavy atom. The van der Waals surface area contributed by atoms with Crippen LogP contribution in [0, 0.1) is 11.8 Å². The molecule has 0 aromatic heterocycles. The lowest BCUT2D eigenvalue weighted by atomic mass is 10.1. The van der Waals surface area contributed by atoms with Crippen molar-refractivity contribution in [1.29, 1.82) is 0 Å². The minimum Gasteiger partial charge on any atom is -0.312 e. The number of nitrogens with zero attached hydrogens (tertiary/aromatic N) is 2. The maximum atomic E-state index is 12.2. The van der Waals surface area contributed by atoms with Gasteiger partial charge in [-0.2, -0.15) is 10.2 Å². The van der Waals surface area contributed by atoms with Gasteiger partial charge >= 0.3 is 6.03 Å². The minimum absolute atomic E-state index is 0.223. The van der Waals surface area contributed by atoms with Crippen LogP contribution < -0.4 is 10.6 Å². The van der Waals surface area contributed by atoms with Crippen LogP contribution in [0.25, 0.3) is 0 Å². The summed E-state index contributed by atoms with van der Waals surface area (Å²) in [6.45, 7) is 4.08. The maximum absolute atomic E-state index is 12.2. The number of azo groups is 1. The Hall–Kier alpha value is -1.91. The number of carbonyl (C=O) groups is 1. The number of hydrogen-bond donors (Lipinski definition) is 2. The van der Waals surface area contributed by atoms with Crippen LogP contribution in [-0.4, -0.2) is 17.7 Å². The number of urea groups is 1. The highest BCUT2D eigenvalue weighted by Gasteiger charge is 2.43. The molecule has 5 nitrogen and oxygen atoms in total. The van der Waals surface area contributed by atoms with E-state index in [9.17, 15) is 4.79 Å². The zero-order valence-corrected chi connectivity index (χ0v) is 13.2. The molecule has 3 rings (SSSR count). The lowest BCUT2D eigenvalue weighted by Crippen LogP contribution is -2.48. The van der Waals surface area contributed by atoms with E-state index in [1.54, 1.807) is 0 Å². The first-order valence-electron chi connectivity index (χ1n) is 8.13. The van der Waals surface area contributed by atoms with Crippen LogP contribution >= 0.6 is 0 Å². The third-order valence-electron chi connectivity index (χ3n) is 4.52. The smallest absolute Gasteiger partial charge is 0.312 e. The monoisotopic (exact) mass is 300 g/mol. The number of carbonyl (C=O) groups excluding carboxylic acids is 1. The third-order valence-corrected chi connectivity index (χ3v) is 4.52. The maximum Gasteiger partial charge on any atom is 0.321 e. The minimum atomic E-state index is -0.595. The number of hydrogen-bond acceptors (Lipinski definition) is 3. The zero-order chi connectivity index (χ0) is 15.6. The van der Waals surface area contributed by atoms with E-state index < -0.39 is 5.66 Å². The van der Waals surface area contributed by atoms with E-state index in [1.165, 1.54) is 12.8 Å². The molecule has 0 spiro atoms. The van der Waals surface area contributed by atoms with Crippen LogP contribution in [-0.2, 0) is 0 Å². The molecule has 118 valence electrons. The predicted octanol–water partition coefficient (Wildman–Crippen LogP) is 4.19. The van der Waals surface area contributed by atoms with Crippen molar-refractivity contribution in [1.82, 2.24) is 5.32 Å². The van der Waals surface area contributed by atoms with Crippen LogP contribution in [0.2, 0.25) is 0 Å². The molecular weight excluding hydrogens is 276 g/mol. The first-order valence-corrected chi connectivity index (χ1v) is 8.13. The van der Waals surface area contributed by atoms with Crippen molar-refractivity contribution >= 4 is 11.7 Å². The van der Waals surface area contributed by atoms with E-state index in [4.69, 9.17) is 0 Å². The van der Waals surface area contributed by atoms with Crippen molar-refractivity contribution < 1.29 is 4.79 Å². The molecule has 2 amide bonds. The van der Waals surface area contributed by atoms with E-state index in [-0.39, 0.29) is 12.1 Å². The lowest BCUT2D eigenvalue weighted by Gasteiger charge is -2.26. The molecule has 2 N–H and O–H groups in total. The Labute approximate surface area is 131 Å². The van der Waals surface area contributed by atoms with Crippen molar-refractivity contribution in [3.05, 3.63) is 30.3 Å². The van der Waals surface area contributed by atoms with Gasteiger partial charge < -0.3 is 10.6 Å². The van der Waals surface area contributed by atoms with E-state index in [1.807, 2.05) is 37.3 Å². The fourth-order valence-electron chi connectivity index (χ4n) is 2.65. The van der Waals surface area contributed by atoms with Gasteiger partial charge in [0.2, 0.25) is 0 Å². The Balaban J connectivity index is 1.61. The van der Waals surface area contributed by atoms with Crippen LogP contribution in [0.1, 0.15) is 39.5 Å². The van der Waals surface area contributed by atoms with Gasteiger partial charge in [0.05, 0.1) is 6.04 Å². The van der Waals surface area contributed by atoms with Crippen molar-refractivity contribution in [2.24, 2.45) is 22.1 Å². The zero-order valence-electron chi connectivity index (χ0n) is 13.2. The summed E-state index contributed by atoms with van der Waals surface area (Å²) in [5.74, 6) is 1.08. The van der Waals surface area contributed by atoms with E-state index in [0.29, 0.717) is 11.8 Å². The van der Waals surface area contributed by atoms with Crippen molar-refractivity contribution in [2.75, 3.05) is 5.32 Å². The average Bonchev–Trinajstić information content (AvgIpc) is 3.38. The number of rotatable bonds is 6. The van der Waals surface area contributed by atoms with Gasteiger partial charge in [-0.3, -0.25) is 0 Å². The second-order valence-electron chi connectivity index (χ2n) is 6.66. The molecule has 2 saturated carbocycles. The number of nitrogens with one attached hydrogen (secondary N) is 2. The second-order valence-corrected chi connectivity index (χ2v) is 6.66. The Morgan fingerprint density at radius 3 is 2.50 bits per heavy atom. The molecule has 0 radical (unpaired) electrons. The van der Waals surface area contributed by atoms with Crippen LogP contribution in [0.4, 0.5) is 10.5 Å². The molecule has 0 aliphatic heterocycles. The van der Waals surface area contributed by atoms with Gasteiger partial charge in [0.1, 0.15) is 0 Å². The summed E-state index contributed by atoms with van der Waals surface area (Å²) in [7, 11) is 0. The van der Waals surface area contributed by atoms with Gasteiger partial charge in [-0.15, -0.1) is 0 Å². The number of para-hydroxylation sites is 1. The Bertz CT molecular complexity index is 551. The number of anilines is 1. The molecule has 5 heteroatoms. The Kier molecular flexibility index (Phi) is 4.14. The van der Waals surface area contributed by atoms with Crippen molar-refractivity contribution in [3.8, 4) is 0 Å². The largest absolute Gasteiger partial charge is 0.321 e. The quantitative estimate of drug-likeness (QED) is 0.760. The summed E-state index contributed by atoms with van der Waals surface area (Å²) >= 11 is 0. The van der Waals surface area contributed by atoms with Crippen molar-refractivity contribution in [3.63, 3.8) is 0 Å². The summed E-state index contributed by atoms with van der Waals surface area (Å²) in [5, 5.41) is 14.8. The summed E-state index contributed by atoms with van der Waals surface area (Å²) in [4.78, 5) is 12.2.